The van der Waals surface area contributed by atoms with Crippen LogP contribution in [0.25, 0.3) is 10.2 Å². The van der Waals surface area contributed by atoms with Crippen LogP contribution in [-0.2, 0) is 17.6 Å². The Labute approximate surface area is 186 Å². The van der Waals surface area contributed by atoms with Crippen molar-refractivity contribution in [3.63, 3.8) is 0 Å². The Kier molecular flexibility index (Phi) is 5.64. The number of hydrogen-bond acceptors (Lipinski definition) is 5. The lowest BCUT2D eigenvalue weighted by Gasteiger charge is -2.33. The Hall–Kier alpha value is -2.67. The molecule has 0 radical (unpaired) electrons. The van der Waals surface area contributed by atoms with Gasteiger partial charge in [0.05, 0.1) is 11.7 Å². The minimum atomic E-state index is -0.653. The second-order valence-corrected chi connectivity index (χ2v) is 10.5. The van der Waals surface area contributed by atoms with Crippen molar-refractivity contribution in [2.75, 3.05) is 5.32 Å². The molecule has 0 saturated carbocycles. The summed E-state index contributed by atoms with van der Waals surface area (Å²) < 4.78 is 1.47. The number of aromatic hydroxyl groups is 1. The van der Waals surface area contributed by atoms with Gasteiger partial charge in [-0.2, -0.15) is 0 Å². The first-order valence-electron chi connectivity index (χ1n) is 10.8. The van der Waals surface area contributed by atoms with Gasteiger partial charge in [-0.1, -0.05) is 27.7 Å². The summed E-state index contributed by atoms with van der Waals surface area (Å²) in [6, 6.07) is 5.63. The fourth-order valence-electron chi connectivity index (χ4n) is 4.42. The Morgan fingerprint density at radius 1 is 1.32 bits per heavy atom. The van der Waals surface area contributed by atoms with Crippen LogP contribution in [0.2, 0.25) is 0 Å². The molecule has 0 bridgehead atoms. The molecular formula is C24H29N3O3S. The number of nitrogens with zero attached hydrogens (tertiary/aromatic N) is 2. The molecule has 0 spiro atoms. The fraction of sp³-hybridized carbons (Fsp3) is 0.458. The highest BCUT2D eigenvalue weighted by Gasteiger charge is 2.32. The molecule has 4 rings (SSSR count). The van der Waals surface area contributed by atoms with Crippen LogP contribution in [-0.4, -0.2) is 20.6 Å². The maximum atomic E-state index is 13.5. The average molecular weight is 440 g/mol. The summed E-state index contributed by atoms with van der Waals surface area (Å²) >= 11 is 1.63. The number of rotatable bonds is 4. The van der Waals surface area contributed by atoms with Gasteiger partial charge in [0.15, 0.2) is 0 Å². The zero-order valence-electron chi connectivity index (χ0n) is 18.4. The van der Waals surface area contributed by atoms with Crippen molar-refractivity contribution in [3.05, 3.63) is 51.4 Å². The van der Waals surface area contributed by atoms with E-state index in [0.29, 0.717) is 23.4 Å². The summed E-state index contributed by atoms with van der Waals surface area (Å²) in [4.78, 5) is 33.0. The van der Waals surface area contributed by atoms with E-state index in [1.807, 2.05) is 6.92 Å². The number of carbonyl (C=O) groups is 1. The molecule has 1 amide bonds. The van der Waals surface area contributed by atoms with Crippen molar-refractivity contribution in [2.45, 2.75) is 59.4 Å². The number of anilines is 1. The minimum Gasteiger partial charge on any atom is -0.508 e. The van der Waals surface area contributed by atoms with Crippen LogP contribution in [0.4, 0.5) is 5.69 Å². The van der Waals surface area contributed by atoms with Gasteiger partial charge < -0.3 is 10.4 Å². The van der Waals surface area contributed by atoms with Crippen LogP contribution in [0, 0.1) is 11.3 Å². The molecule has 2 heterocycles. The van der Waals surface area contributed by atoms with E-state index in [1.165, 1.54) is 27.9 Å². The molecule has 1 aliphatic carbocycles. The van der Waals surface area contributed by atoms with Crippen LogP contribution in [0.15, 0.2) is 35.4 Å². The number of aryl methyl sites for hydroxylation is 1. The number of phenolic OH excluding ortho intramolecular Hbond substituents is 1. The van der Waals surface area contributed by atoms with E-state index in [0.717, 1.165) is 29.7 Å². The maximum absolute atomic E-state index is 13.5. The van der Waals surface area contributed by atoms with E-state index in [2.05, 4.69) is 31.1 Å². The largest absolute Gasteiger partial charge is 0.508 e. The van der Waals surface area contributed by atoms with E-state index in [1.54, 1.807) is 23.5 Å². The van der Waals surface area contributed by atoms with Gasteiger partial charge >= 0.3 is 0 Å². The quantitative estimate of drug-likeness (QED) is 0.566. The third-order valence-corrected chi connectivity index (χ3v) is 7.54. The lowest BCUT2D eigenvalue weighted by atomic mass is 9.72. The van der Waals surface area contributed by atoms with Crippen LogP contribution in [0.1, 0.15) is 57.0 Å². The van der Waals surface area contributed by atoms with Crippen molar-refractivity contribution in [1.29, 1.82) is 0 Å². The molecule has 0 fully saturated rings. The van der Waals surface area contributed by atoms with Crippen molar-refractivity contribution in [3.8, 4) is 5.75 Å². The number of amides is 1. The second-order valence-electron chi connectivity index (χ2n) is 9.41. The van der Waals surface area contributed by atoms with Crippen molar-refractivity contribution in [1.82, 2.24) is 9.55 Å². The molecule has 3 aromatic rings. The molecule has 7 heteroatoms. The van der Waals surface area contributed by atoms with Gasteiger partial charge in [-0.3, -0.25) is 14.2 Å². The Morgan fingerprint density at radius 3 is 2.68 bits per heavy atom. The first kappa shape index (κ1) is 21.6. The molecule has 0 aliphatic heterocycles. The van der Waals surface area contributed by atoms with Crippen LogP contribution in [0.3, 0.4) is 0 Å². The highest BCUT2D eigenvalue weighted by Crippen LogP contribution is 2.42. The predicted octanol–water partition coefficient (Wildman–Crippen LogP) is 4.90. The number of fused-ring (bicyclic) bond motifs is 3. The van der Waals surface area contributed by atoms with E-state index < -0.39 is 6.04 Å². The van der Waals surface area contributed by atoms with Crippen molar-refractivity contribution >= 4 is 33.1 Å². The first-order valence-corrected chi connectivity index (χ1v) is 11.6. The first-order chi connectivity index (χ1) is 14.7. The summed E-state index contributed by atoms with van der Waals surface area (Å²) in [5.74, 6) is 0.454. The normalized spacial score (nSPS) is 17.4. The number of phenols is 1. The monoisotopic (exact) mass is 439 g/mol. The van der Waals surface area contributed by atoms with Crippen molar-refractivity contribution in [2.24, 2.45) is 11.3 Å². The molecule has 2 N–H and O–H groups in total. The summed E-state index contributed by atoms with van der Waals surface area (Å²) in [5.41, 5.74) is 1.80. The summed E-state index contributed by atoms with van der Waals surface area (Å²) in [6.45, 7) is 8.72. The van der Waals surface area contributed by atoms with Gasteiger partial charge in [0.25, 0.3) is 5.56 Å². The topological polar surface area (TPSA) is 84.2 Å². The third-order valence-electron chi connectivity index (χ3n) is 6.38. The van der Waals surface area contributed by atoms with E-state index in [4.69, 9.17) is 0 Å². The number of nitrogens with one attached hydrogen (secondary N) is 1. The number of hydrogen-bond donors (Lipinski definition) is 2. The number of thiophene rings is 1. The minimum absolute atomic E-state index is 0.131. The Bertz CT molecular complexity index is 1170. The lowest BCUT2D eigenvalue weighted by Crippen LogP contribution is -2.33. The molecule has 6 nitrogen and oxygen atoms in total. The molecule has 2 unspecified atom stereocenters. The fourth-order valence-corrected chi connectivity index (χ4v) is 5.68. The lowest BCUT2D eigenvalue weighted by molar-refractivity contribution is -0.119. The molecule has 1 aliphatic rings. The molecule has 2 atom stereocenters. The van der Waals surface area contributed by atoms with Gasteiger partial charge in [-0.15, -0.1) is 11.3 Å². The number of benzene rings is 1. The molecule has 0 saturated heterocycles. The van der Waals surface area contributed by atoms with Gasteiger partial charge in [-0.25, -0.2) is 4.98 Å². The molecule has 2 aromatic heterocycles. The van der Waals surface area contributed by atoms with E-state index in [9.17, 15) is 14.7 Å². The van der Waals surface area contributed by atoms with E-state index >= 15 is 0 Å². The smallest absolute Gasteiger partial charge is 0.263 e. The Morgan fingerprint density at radius 2 is 2.03 bits per heavy atom. The van der Waals surface area contributed by atoms with Crippen molar-refractivity contribution < 1.29 is 9.90 Å². The highest BCUT2D eigenvalue weighted by atomic mass is 32.1. The van der Waals surface area contributed by atoms with Gasteiger partial charge in [0, 0.05) is 10.6 Å². The summed E-state index contributed by atoms with van der Waals surface area (Å²) in [6.07, 6.45) is 4.91. The highest BCUT2D eigenvalue weighted by molar-refractivity contribution is 7.18. The predicted molar refractivity (Wildman–Crippen MR) is 125 cm³/mol. The van der Waals surface area contributed by atoms with Gasteiger partial charge in [-0.05, 0) is 66.8 Å². The summed E-state index contributed by atoms with van der Waals surface area (Å²) in [5, 5.41) is 13.0. The molecule has 1 aromatic carbocycles. The van der Waals surface area contributed by atoms with Gasteiger partial charge in [0.1, 0.15) is 16.6 Å². The van der Waals surface area contributed by atoms with Gasteiger partial charge in [0.2, 0.25) is 5.91 Å². The van der Waals surface area contributed by atoms with Crippen LogP contribution in [0.5, 0.6) is 5.75 Å². The van der Waals surface area contributed by atoms with Crippen LogP contribution >= 0.6 is 11.3 Å². The molecule has 164 valence electrons. The third kappa shape index (κ3) is 4.11. The zero-order valence-corrected chi connectivity index (χ0v) is 19.3. The Balaban J connectivity index is 1.68. The number of carbonyl (C=O) groups excluding carboxylic acids is 1. The zero-order chi connectivity index (χ0) is 22.3. The SMILES string of the molecule is CCC(C(=O)Nc1ccc(O)cc1)n1cnc2sc3c(c2c1=O)CCC(C(C)(C)C)C3. The van der Waals surface area contributed by atoms with Crippen LogP contribution < -0.4 is 10.9 Å². The molecular weight excluding hydrogens is 410 g/mol. The van der Waals surface area contributed by atoms with E-state index in [-0.39, 0.29) is 22.6 Å². The average Bonchev–Trinajstić information content (AvgIpc) is 3.10. The molecule has 31 heavy (non-hydrogen) atoms. The maximum Gasteiger partial charge on any atom is 0.263 e. The number of aromatic nitrogens is 2. The standard InChI is InChI=1S/C24H29N3O3S/c1-5-18(21(29)26-15-7-9-16(28)10-8-15)27-13-25-22-20(23(27)30)17-11-6-14(24(2,3)4)12-19(17)31-22/h7-10,13-14,18,28H,5-6,11-12H2,1-4H3,(H,26,29). The second kappa shape index (κ2) is 8.11. The summed E-state index contributed by atoms with van der Waals surface area (Å²) in [7, 11) is 0.